The maximum Gasteiger partial charge on any atom is 0.227 e. The Hall–Kier alpha value is -0.610. The van der Waals surface area contributed by atoms with Gasteiger partial charge in [-0.1, -0.05) is 32.4 Å². The van der Waals surface area contributed by atoms with E-state index in [0.717, 1.165) is 30.4 Å². The van der Waals surface area contributed by atoms with Crippen LogP contribution < -0.4 is 5.32 Å². The Morgan fingerprint density at radius 1 is 1.08 bits per heavy atom. The van der Waals surface area contributed by atoms with Gasteiger partial charge in [0.2, 0.25) is 5.91 Å². The second-order valence-electron chi connectivity index (χ2n) is 8.18. The van der Waals surface area contributed by atoms with Crippen molar-refractivity contribution in [1.82, 2.24) is 0 Å². The molecule has 1 saturated heterocycles. The monoisotopic (exact) mass is 375 g/mol. The van der Waals surface area contributed by atoms with Gasteiger partial charge >= 0.3 is 0 Å². The van der Waals surface area contributed by atoms with Gasteiger partial charge in [-0.2, -0.15) is 0 Å². The highest BCUT2D eigenvalue weighted by Crippen LogP contribution is 2.64. The SMILES string of the molecule is CC(C)c1ccc(NC(=O)C2C[C@H]3CCC[C@@H](C2)C32SCCS2)cc1. The molecule has 1 heterocycles. The van der Waals surface area contributed by atoms with Crippen molar-refractivity contribution >= 4 is 35.1 Å². The summed E-state index contributed by atoms with van der Waals surface area (Å²) in [5, 5.41) is 3.19. The summed E-state index contributed by atoms with van der Waals surface area (Å²) in [6.45, 7) is 4.40. The molecule has 1 amide bonds. The minimum absolute atomic E-state index is 0.201. The molecule has 3 atom stereocenters. The lowest BCUT2D eigenvalue weighted by Crippen LogP contribution is -2.48. The second kappa shape index (κ2) is 7.19. The van der Waals surface area contributed by atoms with E-state index in [2.05, 4.69) is 67.0 Å². The van der Waals surface area contributed by atoms with Gasteiger partial charge in [0, 0.05) is 23.1 Å². The van der Waals surface area contributed by atoms with E-state index in [-0.39, 0.29) is 11.8 Å². The fourth-order valence-corrected chi connectivity index (χ4v) is 8.96. The molecule has 1 aliphatic heterocycles. The molecule has 1 aromatic carbocycles. The first kappa shape index (κ1) is 17.8. The first-order chi connectivity index (χ1) is 12.1. The van der Waals surface area contributed by atoms with Gasteiger partial charge in [-0.25, -0.2) is 0 Å². The third-order valence-corrected chi connectivity index (χ3v) is 10.4. The molecule has 2 nitrogen and oxygen atoms in total. The van der Waals surface area contributed by atoms with E-state index < -0.39 is 0 Å². The van der Waals surface area contributed by atoms with Crippen LogP contribution in [0.4, 0.5) is 5.69 Å². The van der Waals surface area contributed by atoms with Crippen LogP contribution in [0, 0.1) is 17.8 Å². The maximum atomic E-state index is 12.9. The summed E-state index contributed by atoms with van der Waals surface area (Å²) in [5.41, 5.74) is 2.27. The summed E-state index contributed by atoms with van der Waals surface area (Å²) in [7, 11) is 0. The van der Waals surface area contributed by atoms with Gasteiger partial charge in [0.25, 0.3) is 0 Å². The van der Waals surface area contributed by atoms with E-state index >= 15 is 0 Å². The highest BCUT2D eigenvalue weighted by Gasteiger charge is 2.55. The fraction of sp³-hybridized carbons (Fsp3) is 0.667. The molecule has 2 aliphatic carbocycles. The van der Waals surface area contributed by atoms with Gasteiger partial charge in [-0.05, 0) is 61.1 Å². The van der Waals surface area contributed by atoms with Crippen molar-refractivity contribution < 1.29 is 4.79 Å². The quantitative estimate of drug-likeness (QED) is 0.729. The Balaban J connectivity index is 1.43. The van der Waals surface area contributed by atoms with Crippen LogP contribution in [-0.2, 0) is 4.79 Å². The minimum Gasteiger partial charge on any atom is -0.326 e. The Morgan fingerprint density at radius 2 is 1.68 bits per heavy atom. The van der Waals surface area contributed by atoms with Crippen molar-refractivity contribution in [1.29, 1.82) is 0 Å². The molecular weight excluding hydrogens is 346 g/mol. The summed E-state index contributed by atoms with van der Waals surface area (Å²) in [4.78, 5) is 12.9. The van der Waals surface area contributed by atoms with Gasteiger partial charge < -0.3 is 5.32 Å². The van der Waals surface area contributed by atoms with Crippen molar-refractivity contribution in [3.63, 3.8) is 0 Å². The van der Waals surface area contributed by atoms with Crippen molar-refractivity contribution in [3.05, 3.63) is 29.8 Å². The average Bonchev–Trinajstić information content (AvgIpc) is 3.04. The molecule has 3 fully saturated rings. The lowest BCUT2D eigenvalue weighted by Gasteiger charge is -2.52. The molecule has 0 aromatic heterocycles. The standard InChI is InChI=1S/C21H29NOS2/c1-14(2)15-6-8-19(9-7-15)22-20(23)16-12-17-4-3-5-18(13-16)21(17)24-10-11-25-21/h6-9,14,16-18H,3-5,10-13H2,1-2H3,(H,22,23)/t16?,17-,18+. The van der Waals surface area contributed by atoms with Crippen LogP contribution in [0.15, 0.2) is 24.3 Å². The van der Waals surface area contributed by atoms with Crippen molar-refractivity contribution in [2.75, 3.05) is 16.8 Å². The number of carbonyl (C=O) groups is 1. The van der Waals surface area contributed by atoms with Crippen molar-refractivity contribution in [2.24, 2.45) is 17.8 Å². The van der Waals surface area contributed by atoms with Crippen LogP contribution in [-0.4, -0.2) is 21.5 Å². The van der Waals surface area contributed by atoms with Gasteiger partial charge in [0.1, 0.15) is 0 Å². The highest BCUT2D eigenvalue weighted by molar-refractivity contribution is 8.21. The molecule has 0 radical (unpaired) electrons. The van der Waals surface area contributed by atoms with Crippen LogP contribution >= 0.6 is 23.5 Å². The van der Waals surface area contributed by atoms with Crippen LogP contribution in [0.2, 0.25) is 0 Å². The summed E-state index contributed by atoms with van der Waals surface area (Å²) in [5.74, 6) is 5.05. The molecule has 1 unspecified atom stereocenters. The number of amides is 1. The minimum atomic E-state index is 0.201. The number of benzene rings is 1. The maximum absolute atomic E-state index is 12.9. The summed E-state index contributed by atoms with van der Waals surface area (Å²) >= 11 is 4.42. The zero-order chi connectivity index (χ0) is 17.4. The lowest BCUT2D eigenvalue weighted by molar-refractivity contribution is -0.122. The predicted octanol–water partition coefficient (Wildman–Crippen LogP) is 5.75. The molecule has 1 N–H and O–H groups in total. The number of nitrogens with one attached hydrogen (secondary N) is 1. The number of rotatable bonds is 3. The Bertz CT molecular complexity index is 605. The zero-order valence-electron chi connectivity index (χ0n) is 15.3. The smallest absolute Gasteiger partial charge is 0.227 e. The van der Waals surface area contributed by atoms with E-state index in [4.69, 9.17) is 0 Å². The van der Waals surface area contributed by atoms with E-state index in [1.807, 2.05) is 0 Å². The van der Waals surface area contributed by atoms with Crippen molar-refractivity contribution in [3.8, 4) is 0 Å². The fourth-order valence-electron chi connectivity index (χ4n) is 5.02. The predicted molar refractivity (Wildman–Crippen MR) is 110 cm³/mol. The number of carbonyl (C=O) groups excluding carboxylic acids is 1. The molecule has 4 heteroatoms. The van der Waals surface area contributed by atoms with Crippen LogP contribution in [0.5, 0.6) is 0 Å². The summed E-state index contributed by atoms with van der Waals surface area (Å²) in [6.07, 6.45) is 6.19. The average molecular weight is 376 g/mol. The Labute approximate surface area is 160 Å². The lowest BCUT2D eigenvalue weighted by atomic mass is 9.67. The van der Waals surface area contributed by atoms with Crippen LogP contribution in [0.3, 0.4) is 0 Å². The first-order valence-electron chi connectivity index (χ1n) is 9.77. The number of hydrogen-bond acceptors (Lipinski definition) is 3. The molecule has 1 spiro atoms. The molecule has 4 rings (SSSR count). The Kier molecular flexibility index (Phi) is 5.11. The van der Waals surface area contributed by atoms with E-state index in [1.54, 1.807) is 0 Å². The zero-order valence-corrected chi connectivity index (χ0v) is 16.9. The number of hydrogen-bond donors (Lipinski definition) is 1. The second-order valence-corrected chi connectivity index (χ2v) is 11.2. The summed E-state index contributed by atoms with van der Waals surface area (Å²) in [6, 6.07) is 8.38. The van der Waals surface area contributed by atoms with E-state index in [9.17, 15) is 4.79 Å². The molecule has 1 aromatic rings. The van der Waals surface area contributed by atoms with Gasteiger partial charge in [0.15, 0.2) is 0 Å². The third kappa shape index (κ3) is 3.37. The summed E-state index contributed by atoms with van der Waals surface area (Å²) < 4.78 is 0.452. The van der Waals surface area contributed by atoms with Gasteiger partial charge in [-0.15, -0.1) is 23.5 Å². The van der Waals surface area contributed by atoms with Gasteiger partial charge in [0.05, 0.1) is 4.08 Å². The molecule has 2 saturated carbocycles. The Morgan fingerprint density at radius 3 is 2.24 bits per heavy atom. The first-order valence-corrected chi connectivity index (χ1v) is 11.7. The molecule has 136 valence electrons. The molecule has 2 bridgehead atoms. The number of thioether (sulfide) groups is 2. The largest absolute Gasteiger partial charge is 0.326 e. The number of anilines is 1. The van der Waals surface area contributed by atoms with Gasteiger partial charge in [-0.3, -0.25) is 4.79 Å². The molecule has 3 aliphatic rings. The molecular formula is C21H29NOS2. The normalized spacial score (nSPS) is 30.6. The van der Waals surface area contributed by atoms with Crippen LogP contribution in [0.1, 0.15) is 57.4 Å². The highest BCUT2D eigenvalue weighted by atomic mass is 32.2. The van der Waals surface area contributed by atoms with Crippen LogP contribution in [0.25, 0.3) is 0 Å². The molecule has 25 heavy (non-hydrogen) atoms. The van der Waals surface area contributed by atoms with E-state index in [1.165, 1.54) is 36.3 Å². The third-order valence-electron chi connectivity index (χ3n) is 6.34. The topological polar surface area (TPSA) is 29.1 Å². The van der Waals surface area contributed by atoms with Crippen molar-refractivity contribution in [2.45, 2.75) is 55.9 Å². The van der Waals surface area contributed by atoms with E-state index in [0.29, 0.717) is 10.00 Å².